The number of benzene rings is 1. The first-order chi connectivity index (χ1) is 11.8. The second kappa shape index (κ2) is 7.87. The highest BCUT2D eigenvalue weighted by molar-refractivity contribution is 5.91. The van der Waals surface area contributed by atoms with Crippen LogP contribution in [-0.4, -0.2) is 22.4 Å². The van der Waals surface area contributed by atoms with Crippen molar-refractivity contribution in [3.8, 4) is 0 Å². The summed E-state index contributed by atoms with van der Waals surface area (Å²) in [6.45, 7) is 4.26. The van der Waals surface area contributed by atoms with Crippen LogP contribution in [-0.2, 0) is 4.74 Å². The second-order valence-corrected chi connectivity index (χ2v) is 6.41. The molecule has 2 rings (SSSR count). The quantitative estimate of drug-likeness (QED) is 0.332. The molecule has 134 valence electrons. The van der Waals surface area contributed by atoms with Crippen LogP contribution < -0.4 is 0 Å². The molecular formula is C17H20N2O6. The van der Waals surface area contributed by atoms with E-state index in [1.807, 2.05) is 6.92 Å². The van der Waals surface area contributed by atoms with Crippen molar-refractivity contribution in [1.82, 2.24) is 0 Å². The van der Waals surface area contributed by atoms with Crippen molar-refractivity contribution in [2.75, 3.05) is 6.61 Å². The fourth-order valence-electron chi connectivity index (χ4n) is 2.85. The van der Waals surface area contributed by atoms with Gasteiger partial charge in [-0.25, -0.2) is 4.79 Å². The van der Waals surface area contributed by atoms with E-state index in [1.165, 1.54) is 5.57 Å². The smallest absolute Gasteiger partial charge is 0.338 e. The minimum Gasteiger partial charge on any atom is -0.462 e. The molecule has 0 aromatic heterocycles. The zero-order chi connectivity index (χ0) is 18.6. The lowest BCUT2D eigenvalue weighted by atomic mass is 9.82. The molecule has 1 aliphatic rings. The van der Waals surface area contributed by atoms with Gasteiger partial charge in [-0.3, -0.25) is 20.2 Å². The molecule has 0 bridgehead atoms. The van der Waals surface area contributed by atoms with Crippen molar-refractivity contribution in [2.24, 2.45) is 11.8 Å². The van der Waals surface area contributed by atoms with E-state index in [0.29, 0.717) is 5.92 Å². The zero-order valence-corrected chi connectivity index (χ0v) is 14.1. The summed E-state index contributed by atoms with van der Waals surface area (Å²) in [4.78, 5) is 32.4. The van der Waals surface area contributed by atoms with Crippen molar-refractivity contribution in [3.63, 3.8) is 0 Å². The van der Waals surface area contributed by atoms with E-state index in [4.69, 9.17) is 4.74 Å². The molecule has 1 aliphatic carbocycles. The van der Waals surface area contributed by atoms with Crippen LogP contribution in [0.25, 0.3) is 0 Å². The van der Waals surface area contributed by atoms with Crippen LogP contribution in [0, 0.1) is 32.1 Å². The Morgan fingerprint density at radius 1 is 1.24 bits per heavy atom. The third-order valence-corrected chi connectivity index (χ3v) is 4.52. The van der Waals surface area contributed by atoms with Crippen LogP contribution >= 0.6 is 0 Å². The fraction of sp³-hybridized carbons (Fsp3) is 0.471. The monoisotopic (exact) mass is 348 g/mol. The number of carbonyl (C=O) groups excluding carboxylic acids is 1. The fourth-order valence-corrected chi connectivity index (χ4v) is 2.85. The Kier molecular flexibility index (Phi) is 5.84. The molecule has 1 aromatic rings. The average Bonchev–Trinajstić information content (AvgIpc) is 2.59. The van der Waals surface area contributed by atoms with Crippen molar-refractivity contribution in [3.05, 3.63) is 55.6 Å². The first kappa shape index (κ1) is 18.6. The molecule has 0 aliphatic heterocycles. The highest BCUT2D eigenvalue weighted by atomic mass is 16.6. The lowest BCUT2D eigenvalue weighted by Gasteiger charge is -2.26. The lowest BCUT2D eigenvalue weighted by molar-refractivity contribution is -0.394. The summed E-state index contributed by atoms with van der Waals surface area (Å²) in [6, 6.07) is 2.80. The maximum atomic E-state index is 12.2. The number of ether oxygens (including phenoxy) is 1. The van der Waals surface area contributed by atoms with Crippen LogP contribution in [0.15, 0.2) is 29.8 Å². The molecule has 0 unspecified atom stereocenters. The van der Waals surface area contributed by atoms with Gasteiger partial charge < -0.3 is 4.74 Å². The maximum Gasteiger partial charge on any atom is 0.338 e. The van der Waals surface area contributed by atoms with Crippen LogP contribution in [0.4, 0.5) is 11.4 Å². The van der Waals surface area contributed by atoms with Gasteiger partial charge in [-0.2, -0.15) is 0 Å². The average molecular weight is 348 g/mol. The summed E-state index contributed by atoms with van der Waals surface area (Å²) in [5.74, 6) is -0.237. The number of hydrogen-bond donors (Lipinski definition) is 0. The molecule has 2 atom stereocenters. The Balaban J connectivity index is 2.05. The van der Waals surface area contributed by atoms with Gasteiger partial charge in [0.15, 0.2) is 0 Å². The molecule has 0 saturated carbocycles. The topological polar surface area (TPSA) is 113 Å². The van der Waals surface area contributed by atoms with Gasteiger partial charge in [-0.1, -0.05) is 18.6 Å². The van der Waals surface area contributed by atoms with Gasteiger partial charge in [0.05, 0.1) is 28.1 Å². The number of nitro benzene ring substituents is 2. The van der Waals surface area contributed by atoms with Crippen molar-refractivity contribution >= 4 is 17.3 Å². The molecule has 0 spiro atoms. The molecule has 0 N–H and O–H groups in total. The highest BCUT2D eigenvalue weighted by Gasteiger charge is 2.23. The standard InChI is InChI=1S/C17H20N2O6/c1-11-3-5-13(6-4-11)12(2)10-25-17(20)14-7-15(18(21)22)9-16(8-14)19(23)24/h3,7-9,12-13H,4-6,10H2,1-2H3/t12-,13+/m1/s1. The number of nitrogens with zero attached hydrogens (tertiary/aromatic N) is 2. The van der Waals surface area contributed by atoms with E-state index in [1.54, 1.807) is 0 Å². The molecule has 1 aromatic carbocycles. The van der Waals surface area contributed by atoms with E-state index in [2.05, 4.69) is 13.0 Å². The predicted octanol–water partition coefficient (Wildman–Crippen LogP) is 4.04. The number of allylic oxidation sites excluding steroid dienone is 2. The zero-order valence-electron chi connectivity index (χ0n) is 14.1. The number of esters is 1. The number of non-ortho nitro benzene ring substituents is 2. The summed E-state index contributed by atoms with van der Waals surface area (Å²) >= 11 is 0. The molecule has 0 fully saturated rings. The summed E-state index contributed by atoms with van der Waals surface area (Å²) < 4.78 is 5.23. The van der Waals surface area contributed by atoms with Crippen LogP contribution in [0.5, 0.6) is 0 Å². The van der Waals surface area contributed by atoms with E-state index >= 15 is 0 Å². The Hall–Kier alpha value is -2.77. The number of rotatable bonds is 6. The van der Waals surface area contributed by atoms with Gasteiger partial charge in [0, 0.05) is 12.1 Å². The Bertz CT molecular complexity index is 696. The van der Waals surface area contributed by atoms with Crippen LogP contribution in [0.1, 0.15) is 43.5 Å². The van der Waals surface area contributed by atoms with Gasteiger partial charge >= 0.3 is 5.97 Å². The van der Waals surface area contributed by atoms with Gasteiger partial charge in [0.2, 0.25) is 0 Å². The number of carbonyl (C=O) groups is 1. The van der Waals surface area contributed by atoms with Crippen molar-refractivity contribution < 1.29 is 19.4 Å². The van der Waals surface area contributed by atoms with E-state index < -0.39 is 27.2 Å². The highest BCUT2D eigenvalue weighted by Crippen LogP contribution is 2.29. The predicted molar refractivity (Wildman–Crippen MR) is 90.3 cm³/mol. The van der Waals surface area contributed by atoms with E-state index in [9.17, 15) is 25.0 Å². The molecule has 8 heteroatoms. The van der Waals surface area contributed by atoms with Gasteiger partial charge in [-0.15, -0.1) is 0 Å². The first-order valence-corrected chi connectivity index (χ1v) is 8.04. The third kappa shape index (κ3) is 4.85. The van der Waals surface area contributed by atoms with Gasteiger partial charge in [0.1, 0.15) is 0 Å². The second-order valence-electron chi connectivity index (χ2n) is 6.41. The number of nitro groups is 2. The molecular weight excluding hydrogens is 328 g/mol. The third-order valence-electron chi connectivity index (χ3n) is 4.52. The molecule has 8 nitrogen and oxygen atoms in total. The Morgan fingerprint density at radius 3 is 2.32 bits per heavy atom. The first-order valence-electron chi connectivity index (χ1n) is 8.04. The molecule has 0 radical (unpaired) electrons. The van der Waals surface area contributed by atoms with Crippen LogP contribution in [0.3, 0.4) is 0 Å². The van der Waals surface area contributed by atoms with E-state index in [-0.39, 0.29) is 18.1 Å². The minimum absolute atomic E-state index is 0.141. The number of hydrogen-bond acceptors (Lipinski definition) is 6. The normalized spacial score (nSPS) is 18.2. The summed E-state index contributed by atoms with van der Waals surface area (Å²) in [5.41, 5.74) is 0.154. The molecule has 25 heavy (non-hydrogen) atoms. The largest absolute Gasteiger partial charge is 0.462 e. The Morgan fingerprint density at radius 2 is 1.84 bits per heavy atom. The van der Waals surface area contributed by atoms with Crippen molar-refractivity contribution in [2.45, 2.75) is 33.1 Å². The maximum absolute atomic E-state index is 12.2. The summed E-state index contributed by atoms with van der Waals surface area (Å²) in [5, 5.41) is 21.8. The molecule has 0 saturated heterocycles. The Labute approximate surface area is 144 Å². The minimum atomic E-state index is -0.791. The van der Waals surface area contributed by atoms with Gasteiger partial charge in [-0.05, 0) is 38.0 Å². The summed E-state index contributed by atoms with van der Waals surface area (Å²) in [6.07, 6.45) is 5.19. The summed E-state index contributed by atoms with van der Waals surface area (Å²) in [7, 11) is 0. The van der Waals surface area contributed by atoms with E-state index in [0.717, 1.165) is 37.5 Å². The van der Waals surface area contributed by atoms with Crippen molar-refractivity contribution in [1.29, 1.82) is 0 Å². The van der Waals surface area contributed by atoms with Crippen LogP contribution in [0.2, 0.25) is 0 Å². The molecule has 0 amide bonds. The van der Waals surface area contributed by atoms with Gasteiger partial charge in [0.25, 0.3) is 11.4 Å². The SMILES string of the molecule is CC1=CC[C@H]([C@H](C)COC(=O)c2cc([N+](=O)[O-])cc([N+](=O)[O-])c2)CC1. The lowest BCUT2D eigenvalue weighted by Crippen LogP contribution is -2.21. The molecule has 0 heterocycles.